The quantitative estimate of drug-likeness (QED) is 0.806. The SMILES string of the molecule is Cc1cc(Br)cc(C(=O)O)c1N1CC(CBr)CC1=O. The zero-order chi connectivity index (χ0) is 14.2. The van der Waals surface area contributed by atoms with Gasteiger partial charge >= 0.3 is 5.97 Å². The molecule has 0 saturated carbocycles. The van der Waals surface area contributed by atoms with Crippen molar-refractivity contribution in [3.63, 3.8) is 0 Å². The molecule has 1 amide bonds. The van der Waals surface area contributed by atoms with Crippen molar-refractivity contribution in [2.75, 3.05) is 16.8 Å². The van der Waals surface area contributed by atoms with Crippen LogP contribution in [0, 0.1) is 12.8 Å². The molecule has 0 spiro atoms. The van der Waals surface area contributed by atoms with E-state index in [0.717, 1.165) is 10.9 Å². The van der Waals surface area contributed by atoms with Crippen LogP contribution in [0.25, 0.3) is 0 Å². The molecule has 4 nitrogen and oxygen atoms in total. The summed E-state index contributed by atoms with van der Waals surface area (Å²) in [5.74, 6) is -0.802. The van der Waals surface area contributed by atoms with Gasteiger partial charge < -0.3 is 10.0 Å². The van der Waals surface area contributed by atoms with E-state index in [4.69, 9.17) is 0 Å². The zero-order valence-corrected chi connectivity index (χ0v) is 13.5. The lowest BCUT2D eigenvalue weighted by atomic mass is 10.1. The van der Waals surface area contributed by atoms with Gasteiger partial charge in [-0.2, -0.15) is 0 Å². The molecule has 0 bridgehead atoms. The van der Waals surface area contributed by atoms with Crippen LogP contribution in [0.1, 0.15) is 22.3 Å². The summed E-state index contributed by atoms with van der Waals surface area (Å²) in [4.78, 5) is 25.0. The number of carbonyl (C=O) groups excluding carboxylic acids is 1. The van der Waals surface area contributed by atoms with Gasteiger partial charge in [0.1, 0.15) is 0 Å². The van der Waals surface area contributed by atoms with Crippen molar-refractivity contribution in [2.24, 2.45) is 5.92 Å². The largest absolute Gasteiger partial charge is 0.478 e. The van der Waals surface area contributed by atoms with Gasteiger partial charge in [0.25, 0.3) is 0 Å². The van der Waals surface area contributed by atoms with E-state index in [2.05, 4.69) is 31.9 Å². The van der Waals surface area contributed by atoms with Crippen LogP contribution in [0.4, 0.5) is 5.69 Å². The van der Waals surface area contributed by atoms with E-state index in [0.29, 0.717) is 23.1 Å². The maximum atomic E-state index is 12.1. The molecule has 2 rings (SSSR count). The molecule has 1 saturated heterocycles. The predicted octanol–water partition coefficient (Wildman–Crippen LogP) is 3.20. The fraction of sp³-hybridized carbons (Fsp3) is 0.385. The van der Waals surface area contributed by atoms with Gasteiger partial charge in [-0.15, -0.1) is 0 Å². The van der Waals surface area contributed by atoms with Crippen molar-refractivity contribution in [1.29, 1.82) is 0 Å². The van der Waals surface area contributed by atoms with Gasteiger partial charge in [0, 0.05) is 22.8 Å². The molecular formula is C13H13Br2NO3. The van der Waals surface area contributed by atoms with Gasteiger partial charge in [0.2, 0.25) is 5.91 Å². The molecule has 1 N–H and O–H groups in total. The molecular weight excluding hydrogens is 378 g/mol. The number of amides is 1. The van der Waals surface area contributed by atoms with Crippen molar-refractivity contribution >= 4 is 49.4 Å². The van der Waals surface area contributed by atoms with E-state index in [1.807, 2.05) is 13.0 Å². The van der Waals surface area contributed by atoms with E-state index in [1.54, 1.807) is 11.0 Å². The second-order valence-electron chi connectivity index (χ2n) is 4.65. The number of anilines is 1. The third-order valence-corrected chi connectivity index (χ3v) is 4.56. The van der Waals surface area contributed by atoms with Crippen molar-refractivity contribution in [3.8, 4) is 0 Å². The molecule has 6 heteroatoms. The van der Waals surface area contributed by atoms with E-state index < -0.39 is 5.97 Å². The molecule has 1 aromatic carbocycles. The fourth-order valence-electron chi connectivity index (χ4n) is 2.36. The van der Waals surface area contributed by atoms with Crippen LogP contribution in [0.15, 0.2) is 16.6 Å². The minimum absolute atomic E-state index is 0.0163. The van der Waals surface area contributed by atoms with Crippen LogP contribution < -0.4 is 4.90 Å². The monoisotopic (exact) mass is 389 g/mol. The third kappa shape index (κ3) is 2.84. The Bertz CT molecular complexity index is 545. The highest BCUT2D eigenvalue weighted by molar-refractivity contribution is 9.10. The van der Waals surface area contributed by atoms with Crippen molar-refractivity contribution in [3.05, 3.63) is 27.7 Å². The first-order chi connectivity index (χ1) is 8.93. The number of alkyl halides is 1. The minimum atomic E-state index is -1.02. The van der Waals surface area contributed by atoms with E-state index >= 15 is 0 Å². The number of hydrogen-bond donors (Lipinski definition) is 1. The lowest BCUT2D eigenvalue weighted by molar-refractivity contribution is -0.117. The Morgan fingerprint density at radius 1 is 1.53 bits per heavy atom. The Hall–Kier alpha value is -0.880. The van der Waals surface area contributed by atoms with Crippen LogP contribution >= 0.6 is 31.9 Å². The lowest BCUT2D eigenvalue weighted by Gasteiger charge is -2.21. The molecule has 19 heavy (non-hydrogen) atoms. The summed E-state index contributed by atoms with van der Waals surface area (Å²) in [5, 5.41) is 10.1. The number of aryl methyl sites for hydroxylation is 1. The first kappa shape index (κ1) is 14.5. The van der Waals surface area contributed by atoms with Gasteiger partial charge in [-0.25, -0.2) is 4.79 Å². The van der Waals surface area contributed by atoms with Gasteiger partial charge in [0.15, 0.2) is 0 Å². The summed E-state index contributed by atoms with van der Waals surface area (Å²) in [5.41, 5.74) is 1.47. The van der Waals surface area contributed by atoms with Gasteiger partial charge in [0.05, 0.1) is 11.3 Å². The first-order valence-corrected chi connectivity index (χ1v) is 7.75. The van der Waals surface area contributed by atoms with Crippen molar-refractivity contribution in [1.82, 2.24) is 0 Å². The molecule has 1 atom stereocenters. The third-order valence-electron chi connectivity index (χ3n) is 3.19. The molecule has 0 aliphatic carbocycles. The van der Waals surface area contributed by atoms with Crippen molar-refractivity contribution < 1.29 is 14.7 Å². The molecule has 1 aromatic rings. The summed E-state index contributed by atoms with van der Waals surface area (Å²) in [7, 11) is 0. The predicted molar refractivity (Wildman–Crippen MR) is 80.1 cm³/mol. The van der Waals surface area contributed by atoms with E-state index in [9.17, 15) is 14.7 Å². The van der Waals surface area contributed by atoms with E-state index in [-0.39, 0.29) is 17.4 Å². The lowest BCUT2D eigenvalue weighted by Crippen LogP contribution is -2.27. The molecule has 1 unspecified atom stereocenters. The average Bonchev–Trinajstić information content (AvgIpc) is 2.69. The van der Waals surface area contributed by atoms with Crippen molar-refractivity contribution in [2.45, 2.75) is 13.3 Å². The Kier molecular flexibility index (Phi) is 4.30. The van der Waals surface area contributed by atoms with Crippen LogP contribution in [-0.4, -0.2) is 28.9 Å². The highest BCUT2D eigenvalue weighted by atomic mass is 79.9. The average molecular weight is 391 g/mol. The molecule has 1 aliphatic rings. The highest BCUT2D eigenvalue weighted by Gasteiger charge is 2.33. The number of nitrogens with zero attached hydrogens (tertiary/aromatic N) is 1. The van der Waals surface area contributed by atoms with Crippen LogP contribution in [0.2, 0.25) is 0 Å². The summed E-state index contributed by atoms with van der Waals surface area (Å²) < 4.78 is 0.704. The number of hydrogen-bond acceptors (Lipinski definition) is 2. The normalized spacial score (nSPS) is 19.0. The summed E-state index contributed by atoms with van der Waals surface area (Å²) in [6.07, 6.45) is 0.458. The molecule has 1 aliphatic heterocycles. The summed E-state index contributed by atoms with van der Waals surface area (Å²) in [6, 6.07) is 3.37. The van der Waals surface area contributed by atoms with Crippen LogP contribution in [-0.2, 0) is 4.79 Å². The number of aromatic carboxylic acids is 1. The Morgan fingerprint density at radius 2 is 2.21 bits per heavy atom. The number of carboxylic acids is 1. The molecule has 1 fully saturated rings. The standard InChI is InChI=1S/C13H13Br2NO3/c1-7-2-9(15)4-10(13(18)19)12(7)16-6-8(5-14)3-11(16)17/h2,4,8H,3,5-6H2,1H3,(H,18,19). The number of benzene rings is 1. The Labute approximate surface area is 128 Å². The number of carbonyl (C=O) groups is 2. The van der Waals surface area contributed by atoms with Gasteiger partial charge in [-0.3, -0.25) is 4.79 Å². The number of rotatable bonds is 3. The highest BCUT2D eigenvalue weighted by Crippen LogP contribution is 2.34. The topological polar surface area (TPSA) is 57.6 Å². The maximum absolute atomic E-state index is 12.1. The second kappa shape index (κ2) is 5.63. The maximum Gasteiger partial charge on any atom is 0.337 e. The van der Waals surface area contributed by atoms with Gasteiger partial charge in [-0.05, 0) is 30.5 Å². The Balaban J connectivity index is 2.50. The molecule has 102 valence electrons. The molecule has 1 heterocycles. The smallest absolute Gasteiger partial charge is 0.337 e. The van der Waals surface area contributed by atoms with Gasteiger partial charge in [-0.1, -0.05) is 31.9 Å². The van der Waals surface area contributed by atoms with Crippen LogP contribution in [0.3, 0.4) is 0 Å². The summed E-state index contributed by atoms with van der Waals surface area (Å²) in [6.45, 7) is 2.38. The second-order valence-corrected chi connectivity index (χ2v) is 6.22. The zero-order valence-electron chi connectivity index (χ0n) is 10.3. The van der Waals surface area contributed by atoms with E-state index in [1.165, 1.54) is 0 Å². The molecule has 0 radical (unpaired) electrons. The Morgan fingerprint density at radius 3 is 2.74 bits per heavy atom. The molecule has 0 aromatic heterocycles. The van der Waals surface area contributed by atoms with Crippen LogP contribution in [0.5, 0.6) is 0 Å². The number of halogens is 2. The number of carboxylic acid groups (broad SMARTS) is 1. The minimum Gasteiger partial charge on any atom is -0.478 e. The fourth-order valence-corrected chi connectivity index (χ4v) is 3.36. The summed E-state index contributed by atoms with van der Waals surface area (Å²) >= 11 is 6.67. The first-order valence-electron chi connectivity index (χ1n) is 5.83.